The largest absolute Gasteiger partial charge is 0.457 e. The number of carbonyl (C=O) groups is 1. The van der Waals surface area contributed by atoms with E-state index in [0.29, 0.717) is 24.1 Å². The highest BCUT2D eigenvalue weighted by Gasteiger charge is 2.41. The number of β-amino-alcohol motifs (C(OH)–C–C–N with tert-alkyl or cyclic N) is 1. The number of fused-ring (bicyclic) bond motifs is 2. The molecular weight excluding hydrogens is 420 g/mol. The third-order valence-corrected chi connectivity index (χ3v) is 7.82. The second kappa shape index (κ2) is 7.78. The predicted molar refractivity (Wildman–Crippen MR) is 121 cm³/mol. The molecule has 1 atom stereocenters. The summed E-state index contributed by atoms with van der Waals surface area (Å²) >= 11 is 0. The molecule has 1 aromatic carbocycles. The van der Waals surface area contributed by atoms with Gasteiger partial charge in [-0.05, 0) is 74.0 Å². The number of aromatic nitrogens is 4. The van der Waals surface area contributed by atoms with Crippen LogP contribution in [0.4, 0.5) is 5.82 Å². The molecular formula is C24H28N6O3. The van der Waals surface area contributed by atoms with E-state index in [0.717, 1.165) is 67.2 Å². The van der Waals surface area contributed by atoms with Gasteiger partial charge in [-0.1, -0.05) is 6.07 Å². The van der Waals surface area contributed by atoms with Gasteiger partial charge in [0, 0.05) is 25.2 Å². The molecule has 3 aliphatic heterocycles. The number of likely N-dealkylation sites (tertiary alicyclic amines) is 1. The fraction of sp³-hybridized carbons (Fsp3) is 0.500. The molecule has 2 saturated heterocycles. The van der Waals surface area contributed by atoms with Crippen molar-refractivity contribution in [2.75, 3.05) is 37.6 Å². The quantitative estimate of drug-likeness (QED) is 0.607. The van der Waals surface area contributed by atoms with Crippen LogP contribution < -0.4 is 4.90 Å². The molecule has 6 rings (SSSR count). The van der Waals surface area contributed by atoms with Gasteiger partial charge in [0.05, 0.1) is 11.7 Å². The molecule has 0 aliphatic carbocycles. The molecule has 1 N–H and O–H groups in total. The third-order valence-electron chi connectivity index (χ3n) is 7.82. The maximum atomic E-state index is 11.8. The summed E-state index contributed by atoms with van der Waals surface area (Å²) in [7, 11) is 0. The van der Waals surface area contributed by atoms with Crippen LogP contribution in [-0.2, 0) is 11.3 Å². The van der Waals surface area contributed by atoms with E-state index in [4.69, 9.17) is 4.74 Å². The maximum Gasteiger partial charge on any atom is 0.338 e. The molecule has 5 heterocycles. The number of anilines is 1. The summed E-state index contributed by atoms with van der Waals surface area (Å²) in [6.07, 6.45) is 4.48. The second-order valence-corrected chi connectivity index (χ2v) is 9.70. The molecule has 9 nitrogen and oxygen atoms in total. The van der Waals surface area contributed by atoms with Gasteiger partial charge in [0.25, 0.3) is 0 Å². The number of benzene rings is 1. The summed E-state index contributed by atoms with van der Waals surface area (Å²) in [6, 6.07) is 7.67. The Morgan fingerprint density at radius 1 is 1.15 bits per heavy atom. The van der Waals surface area contributed by atoms with Crippen LogP contribution in [0.1, 0.15) is 52.4 Å². The van der Waals surface area contributed by atoms with Crippen molar-refractivity contribution in [2.45, 2.75) is 38.9 Å². The van der Waals surface area contributed by atoms with E-state index in [2.05, 4.69) is 25.1 Å². The van der Waals surface area contributed by atoms with Gasteiger partial charge in [0.1, 0.15) is 18.8 Å². The number of hydrogen-bond acceptors (Lipinski definition) is 8. The van der Waals surface area contributed by atoms with Crippen molar-refractivity contribution in [1.29, 1.82) is 0 Å². The van der Waals surface area contributed by atoms with E-state index in [9.17, 15) is 9.90 Å². The van der Waals surface area contributed by atoms with Crippen molar-refractivity contribution in [1.82, 2.24) is 24.7 Å². The first-order valence-corrected chi connectivity index (χ1v) is 11.6. The van der Waals surface area contributed by atoms with Gasteiger partial charge in [-0.15, -0.1) is 15.3 Å². The van der Waals surface area contributed by atoms with Crippen molar-refractivity contribution < 1.29 is 14.6 Å². The minimum atomic E-state index is -0.570. The summed E-state index contributed by atoms with van der Waals surface area (Å²) in [4.78, 5) is 16.5. The Morgan fingerprint density at radius 3 is 2.82 bits per heavy atom. The zero-order valence-electron chi connectivity index (χ0n) is 18.8. The number of aliphatic hydroxyl groups excluding tert-OH is 1. The summed E-state index contributed by atoms with van der Waals surface area (Å²) in [6.45, 7) is 6.88. The van der Waals surface area contributed by atoms with E-state index in [1.807, 2.05) is 25.1 Å². The maximum absolute atomic E-state index is 11.8. The summed E-state index contributed by atoms with van der Waals surface area (Å²) in [5.41, 5.74) is 4.49. The van der Waals surface area contributed by atoms with Crippen LogP contribution in [0.2, 0.25) is 0 Å². The Balaban J connectivity index is 1.08. The second-order valence-electron chi connectivity index (χ2n) is 9.70. The molecule has 172 valence electrons. The zero-order chi connectivity index (χ0) is 22.6. The SMILES string of the molecule is Cc1c([C@@H](O)CN2CCC3(CC2)CCN(c2ccc4nncn4n2)C3)ccc2c1COC2=O. The predicted octanol–water partition coefficient (Wildman–Crippen LogP) is 2.13. The number of esters is 1. The molecule has 2 aromatic heterocycles. The van der Waals surface area contributed by atoms with Crippen LogP contribution in [0.15, 0.2) is 30.6 Å². The van der Waals surface area contributed by atoms with Crippen LogP contribution in [-0.4, -0.2) is 68.5 Å². The molecule has 3 aliphatic rings. The Morgan fingerprint density at radius 2 is 1.97 bits per heavy atom. The van der Waals surface area contributed by atoms with E-state index < -0.39 is 6.10 Å². The van der Waals surface area contributed by atoms with Crippen molar-refractivity contribution in [3.8, 4) is 0 Å². The van der Waals surface area contributed by atoms with E-state index in [1.54, 1.807) is 16.9 Å². The van der Waals surface area contributed by atoms with Gasteiger partial charge in [-0.25, -0.2) is 4.79 Å². The first-order valence-electron chi connectivity index (χ1n) is 11.6. The lowest BCUT2D eigenvalue weighted by Gasteiger charge is -2.40. The smallest absolute Gasteiger partial charge is 0.338 e. The number of rotatable bonds is 4. The zero-order valence-corrected chi connectivity index (χ0v) is 18.8. The van der Waals surface area contributed by atoms with Crippen molar-refractivity contribution >= 4 is 17.4 Å². The Bertz CT molecular complexity index is 1220. The summed E-state index contributed by atoms with van der Waals surface area (Å²) in [5, 5.41) is 23.6. The summed E-state index contributed by atoms with van der Waals surface area (Å²) < 4.78 is 6.88. The number of nitrogens with zero attached hydrogens (tertiary/aromatic N) is 6. The molecule has 0 saturated carbocycles. The topological polar surface area (TPSA) is 96.1 Å². The average molecular weight is 449 g/mol. The Kier molecular flexibility index (Phi) is 4.84. The monoisotopic (exact) mass is 448 g/mol. The molecule has 3 aromatic rings. The highest BCUT2D eigenvalue weighted by atomic mass is 16.5. The third kappa shape index (κ3) is 3.55. The van der Waals surface area contributed by atoms with Crippen molar-refractivity contribution in [2.24, 2.45) is 5.41 Å². The molecule has 0 unspecified atom stereocenters. The van der Waals surface area contributed by atoms with Gasteiger partial charge in [0.15, 0.2) is 5.65 Å². The lowest BCUT2D eigenvalue weighted by Crippen LogP contribution is -2.43. The van der Waals surface area contributed by atoms with Gasteiger partial charge in [-0.3, -0.25) is 0 Å². The molecule has 0 bridgehead atoms. The number of aliphatic hydroxyl groups is 1. The van der Waals surface area contributed by atoms with Crippen molar-refractivity contribution in [3.63, 3.8) is 0 Å². The lowest BCUT2D eigenvalue weighted by atomic mass is 9.77. The Hall–Kier alpha value is -3.04. The molecule has 0 radical (unpaired) electrons. The van der Waals surface area contributed by atoms with Crippen LogP contribution >= 0.6 is 0 Å². The van der Waals surface area contributed by atoms with E-state index in [1.165, 1.54) is 6.42 Å². The normalized spacial score (nSPS) is 21.0. The molecule has 9 heteroatoms. The molecule has 0 amide bonds. The van der Waals surface area contributed by atoms with Crippen molar-refractivity contribution in [3.05, 3.63) is 52.8 Å². The minimum Gasteiger partial charge on any atom is -0.457 e. The highest BCUT2D eigenvalue weighted by Crippen LogP contribution is 2.42. The van der Waals surface area contributed by atoms with E-state index in [-0.39, 0.29) is 5.97 Å². The first-order chi connectivity index (χ1) is 16.0. The number of piperidine rings is 1. The Labute approximate surface area is 192 Å². The average Bonchev–Trinajstić information content (AvgIpc) is 3.55. The number of cyclic esters (lactones) is 1. The molecule has 2 fully saturated rings. The van der Waals surface area contributed by atoms with Crippen LogP contribution in [0.5, 0.6) is 0 Å². The summed E-state index contributed by atoms with van der Waals surface area (Å²) in [5.74, 6) is 0.712. The molecule has 33 heavy (non-hydrogen) atoms. The number of carbonyl (C=O) groups excluding carboxylic acids is 1. The fourth-order valence-electron chi connectivity index (χ4n) is 5.71. The van der Waals surface area contributed by atoms with Gasteiger partial charge >= 0.3 is 5.97 Å². The van der Waals surface area contributed by atoms with E-state index >= 15 is 0 Å². The number of ether oxygens (including phenoxy) is 1. The van der Waals surface area contributed by atoms with Gasteiger partial charge < -0.3 is 19.6 Å². The van der Waals surface area contributed by atoms with Gasteiger partial charge in [0.2, 0.25) is 0 Å². The highest BCUT2D eigenvalue weighted by molar-refractivity contribution is 5.93. The first kappa shape index (κ1) is 20.6. The lowest BCUT2D eigenvalue weighted by molar-refractivity contribution is 0.0534. The van der Waals surface area contributed by atoms with Crippen LogP contribution in [0.25, 0.3) is 5.65 Å². The minimum absolute atomic E-state index is 0.266. The molecule has 1 spiro atoms. The van der Waals surface area contributed by atoms with Crippen LogP contribution in [0.3, 0.4) is 0 Å². The number of hydrogen-bond donors (Lipinski definition) is 1. The fourth-order valence-corrected chi connectivity index (χ4v) is 5.71. The van der Waals surface area contributed by atoms with Gasteiger partial charge in [-0.2, -0.15) is 4.52 Å². The standard InChI is InChI=1S/C24H28N6O3/c1-16-17(2-3-18-19(16)13-33-23(18)32)20(31)12-28-9-6-24(7-10-28)8-11-29(14-24)22-5-4-21-26-25-15-30(21)27-22/h2-5,15,20,31H,6-14H2,1H3/t20-/m0/s1. The van der Waals surface area contributed by atoms with Crippen LogP contribution in [0, 0.1) is 12.3 Å².